The first-order chi connectivity index (χ1) is 15.3. The molecule has 2 aliphatic heterocycles. The van der Waals surface area contributed by atoms with Crippen LogP contribution in [0.5, 0.6) is 0 Å². The molecular formula is C17H17N6NaO7S2. The van der Waals surface area contributed by atoms with Gasteiger partial charge in [-0.15, -0.1) is 23.1 Å². The van der Waals surface area contributed by atoms with Gasteiger partial charge < -0.3 is 36.2 Å². The molecule has 16 heteroatoms. The van der Waals surface area contributed by atoms with Gasteiger partial charge in [-0.3, -0.25) is 14.5 Å². The van der Waals surface area contributed by atoms with E-state index in [4.69, 9.17) is 10.5 Å². The molecule has 2 aliphatic rings. The summed E-state index contributed by atoms with van der Waals surface area (Å²) >= 11 is 2.26. The van der Waals surface area contributed by atoms with E-state index in [2.05, 4.69) is 20.8 Å². The van der Waals surface area contributed by atoms with Crippen LogP contribution in [0.4, 0.5) is 9.93 Å². The molecule has 0 bridgehead atoms. The minimum absolute atomic E-state index is 0. The molecule has 170 valence electrons. The van der Waals surface area contributed by atoms with Crippen molar-refractivity contribution in [3.8, 4) is 0 Å². The van der Waals surface area contributed by atoms with E-state index in [9.17, 15) is 29.5 Å². The van der Waals surface area contributed by atoms with Crippen molar-refractivity contribution in [3.05, 3.63) is 34.5 Å². The number of carbonyl (C=O) groups excluding carboxylic acids is 4. The van der Waals surface area contributed by atoms with Crippen LogP contribution in [0, 0.1) is 0 Å². The van der Waals surface area contributed by atoms with Gasteiger partial charge in [-0.2, -0.15) is 0 Å². The zero-order valence-electron chi connectivity index (χ0n) is 17.4. The number of nitrogens with two attached hydrogens (primary N) is 1. The SMILES string of the molecule is CNC(=O)OC/C=C\C1=C(C(=O)[O-])N2C(=O)C(NC(=O)/C(=N\O)c3csc(N)n3)[C@@H]2SC1.[Na+]. The number of oxime groups is 1. The molecule has 0 aromatic carbocycles. The molecule has 1 fully saturated rings. The molecule has 2 atom stereocenters. The van der Waals surface area contributed by atoms with Crippen LogP contribution in [0.1, 0.15) is 5.69 Å². The summed E-state index contributed by atoms with van der Waals surface area (Å²) in [7, 11) is 1.40. The number of anilines is 1. The van der Waals surface area contributed by atoms with Gasteiger partial charge in [0.2, 0.25) is 0 Å². The number of hydrogen-bond donors (Lipinski definition) is 4. The number of nitrogens with one attached hydrogen (secondary N) is 2. The number of alkyl carbamates (subject to hydrolysis) is 1. The summed E-state index contributed by atoms with van der Waals surface area (Å²) < 4.78 is 4.79. The number of allylic oxidation sites excluding steroid dienone is 1. The Morgan fingerprint density at radius 1 is 1.48 bits per heavy atom. The van der Waals surface area contributed by atoms with E-state index in [0.29, 0.717) is 5.57 Å². The van der Waals surface area contributed by atoms with Crippen molar-refractivity contribution in [2.75, 3.05) is 25.1 Å². The third-order valence-electron chi connectivity index (χ3n) is 4.39. The van der Waals surface area contributed by atoms with Gasteiger partial charge in [-0.1, -0.05) is 11.2 Å². The van der Waals surface area contributed by atoms with Gasteiger partial charge in [-0.25, -0.2) is 9.78 Å². The molecule has 0 saturated carbocycles. The number of nitrogen functional groups attached to an aromatic ring is 1. The van der Waals surface area contributed by atoms with E-state index < -0.39 is 41.0 Å². The maximum atomic E-state index is 12.6. The van der Waals surface area contributed by atoms with E-state index in [1.165, 1.54) is 36.3 Å². The van der Waals surface area contributed by atoms with Crippen LogP contribution in [0.2, 0.25) is 0 Å². The average molecular weight is 504 g/mol. The summed E-state index contributed by atoms with van der Waals surface area (Å²) in [6.45, 7) is -0.103. The Morgan fingerprint density at radius 2 is 2.21 bits per heavy atom. The van der Waals surface area contributed by atoms with Crippen molar-refractivity contribution >= 4 is 57.8 Å². The molecule has 13 nitrogen and oxygen atoms in total. The van der Waals surface area contributed by atoms with Gasteiger partial charge in [-0.05, 0) is 11.6 Å². The molecule has 3 rings (SSSR count). The van der Waals surface area contributed by atoms with Crippen LogP contribution in [0.25, 0.3) is 0 Å². The van der Waals surface area contributed by atoms with Crippen LogP contribution < -0.4 is 51.0 Å². The van der Waals surface area contributed by atoms with Crippen LogP contribution >= 0.6 is 23.1 Å². The average Bonchev–Trinajstić information content (AvgIpc) is 3.20. The normalized spacial score (nSPS) is 20.0. The number of hydrogen-bond acceptors (Lipinski definition) is 12. The maximum absolute atomic E-state index is 12.6. The number of rotatable bonds is 7. The molecule has 1 aromatic heterocycles. The Balaban J connectivity index is 0.00000385. The van der Waals surface area contributed by atoms with Crippen molar-refractivity contribution in [2.45, 2.75) is 11.4 Å². The number of aromatic nitrogens is 1. The number of carboxylic acids is 1. The van der Waals surface area contributed by atoms with Gasteiger partial charge >= 0.3 is 35.7 Å². The number of thiazole rings is 1. The first-order valence-corrected chi connectivity index (χ1v) is 10.9. The number of amides is 3. The molecule has 1 saturated heterocycles. The molecule has 0 radical (unpaired) electrons. The van der Waals surface area contributed by atoms with E-state index in [1.54, 1.807) is 0 Å². The topological polar surface area (TPSA) is 199 Å². The van der Waals surface area contributed by atoms with Gasteiger partial charge in [0.05, 0.1) is 11.7 Å². The number of ether oxygens (including phenoxy) is 1. The van der Waals surface area contributed by atoms with Gasteiger partial charge in [0, 0.05) is 18.2 Å². The van der Waals surface area contributed by atoms with Crippen LogP contribution in [0.15, 0.2) is 34.0 Å². The number of carboxylic acid groups (broad SMARTS) is 1. The van der Waals surface area contributed by atoms with E-state index >= 15 is 0 Å². The Hall–Kier alpha value is -2.59. The molecule has 5 N–H and O–H groups in total. The molecule has 0 spiro atoms. The predicted octanol–water partition coefficient (Wildman–Crippen LogP) is -4.78. The molecule has 1 unspecified atom stereocenters. The summed E-state index contributed by atoms with van der Waals surface area (Å²) in [4.78, 5) is 52.8. The summed E-state index contributed by atoms with van der Waals surface area (Å²) in [5, 5.41) is 29.4. The molecule has 0 aliphatic carbocycles. The number of aliphatic carboxylic acids is 1. The second-order valence-corrected chi connectivity index (χ2v) is 8.29. The van der Waals surface area contributed by atoms with Gasteiger partial charge in [0.15, 0.2) is 10.8 Å². The molecular weight excluding hydrogens is 487 g/mol. The summed E-state index contributed by atoms with van der Waals surface area (Å²) in [6, 6.07) is -1.04. The number of fused-ring (bicyclic) bond motifs is 1. The van der Waals surface area contributed by atoms with Crippen LogP contribution in [-0.2, 0) is 19.1 Å². The van der Waals surface area contributed by atoms with Crippen molar-refractivity contribution in [1.82, 2.24) is 20.5 Å². The zero-order valence-corrected chi connectivity index (χ0v) is 21.1. The summed E-state index contributed by atoms with van der Waals surface area (Å²) in [5.74, 6) is -2.90. The fourth-order valence-electron chi connectivity index (χ4n) is 2.97. The standard InChI is InChI=1S/C17H18N6O7S2.Na/c1-19-17(28)30-4-2-3-7-5-31-14-10(13(25)23(14)11(7)15(26)27)21-12(24)9(22-29)8-6-32-16(18)20-8;/h2-3,6,10,14,29H,4-5H2,1H3,(H2,18,20)(H,19,28)(H,21,24)(H,26,27);/q;+1/p-1/b3-2-,22-9-;/t10?,14-;/m0./s1. The predicted molar refractivity (Wildman–Crippen MR) is 111 cm³/mol. The smallest absolute Gasteiger partial charge is 0.543 e. The molecule has 33 heavy (non-hydrogen) atoms. The fourth-order valence-corrected chi connectivity index (χ4v) is 4.83. The quantitative estimate of drug-likeness (QED) is 0.0919. The van der Waals surface area contributed by atoms with Crippen LogP contribution in [-0.4, -0.2) is 75.5 Å². The monoisotopic (exact) mass is 504 g/mol. The van der Waals surface area contributed by atoms with Crippen molar-refractivity contribution in [2.24, 2.45) is 5.16 Å². The second-order valence-electron chi connectivity index (χ2n) is 6.29. The Morgan fingerprint density at radius 3 is 2.79 bits per heavy atom. The molecule has 1 aromatic rings. The second kappa shape index (κ2) is 11.5. The third-order valence-corrected chi connectivity index (χ3v) is 6.37. The fraction of sp³-hybridized carbons (Fsp3) is 0.294. The van der Waals surface area contributed by atoms with E-state index in [0.717, 1.165) is 16.2 Å². The summed E-state index contributed by atoms with van der Waals surface area (Å²) in [6.07, 6.45) is 2.21. The molecule has 3 amide bonds. The van der Waals surface area contributed by atoms with Crippen molar-refractivity contribution in [1.29, 1.82) is 0 Å². The van der Waals surface area contributed by atoms with E-state index in [-0.39, 0.29) is 58.4 Å². The number of carbonyl (C=O) groups is 4. The van der Waals surface area contributed by atoms with Gasteiger partial charge in [0.25, 0.3) is 11.8 Å². The van der Waals surface area contributed by atoms with Crippen molar-refractivity contribution < 1.29 is 63.8 Å². The molecule has 3 heterocycles. The first kappa shape index (κ1) is 26.7. The number of thioether (sulfide) groups is 1. The van der Waals surface area contributed by atoms with Crippen molar-refractivity contribution in [3.63, 3.8) is 0 Å². The Bertz CT molecular complexity index is 1060. The van der Waals surface area contributed by atoms with Gasteiger partial charge in [0.1, 0.15) is 23.7 Å². The number of nitrogens with zero attached hydrogens (tertiary/aromatic N) is 3. The summed E-state index contributed by atoms with van der Waals surface area (Å²) in [5.41, 5.74) is 5.08. The third kappa shape index (κ3) is 5.67. The minimum atomic E-state index is -1.56. The largest absolute Gasteiger partial charge is 1.00 e. The Labute approximate surface area is 217 Å². The maximum Gasteiger partial charge on any atom is 1.00 e. The number of β-lactam (4-membered cyclic amide) rings is 1. The Kier molecular flexibility index (Phi) is 9.30. The first-order valence-electron chi connectivity index (χ1n) is 8.93. The van der Waals surface area contributed by atoms with E-state index in [1.807, 2.05) is 0 Å². The zero-order chi connectivity index (χ0) is 23.4. The van der Waals surface area contributed by atoms with Crippen LogP contribution in [0.3, 0.4) is 0 Å². The minimum Gasteiger partial charge on any atom is -0.543 e.